The fraction of sp³-hybridized carbons (Fsp3) is 0.588. The van der Waals surface area contributed by atoms with E-state index in [9.17, 15) is 9.18 Å². The van der Waals surface area contributed by atoms with E-state index in [0.717, 1.165) is 31.5 Å². The number of benzene rings is 1. The number of halogens is 1. The van der Waals surface area contributed by atoms with E-state index in [4.69, 9.17) is 0 Å². The Bertz CT molecular complexity index is 466. The number of amides is 1. The highest BCUT2D eigenvalue weighted by atomic mass is 19.1. The van der Waals surface area contributed by atoms with Gasteiger partial charge < -0.3 is 4.90 Å². The fourth-order valence-electron chi connectivity index (χ4n) is 2.85. The summed E-state index contributed by atoms with van der Waals surface area (Å²) in [4.78, 5) is 14.8. The van der Waals surface area contributed by atoms with Crippen molar-refractivity contribution in [2.75, 3.05) is 13.1 Å². The van der Waals surface area contributed by atoms with Gasteiger partial charge in [0, 0.05) is 13.1 Å². The van der Waals surface area contributed by atoms with Crippen LogP contribution in [0.3, 0.4) is 0 Å². The van der Waals surface area contributed by atoms with Crippen LogP contribution in [0.5, 0.6) is 0 Å². The minimum Gasteiger partial charge on any atom is -0.342 e. The Morgan fingerprint density at radius 1 is 1.20 bits per heavy atom. The Labute approximate surface area is 121 Å². The maximum Gasteiger partial charge on any atom is 0.232 e. The summed E-state index contributed by atoms with van der Waals surface area (Å²) in [6.45, 7) is 7.78. The van der Waals surface area contributed by atoms with Crippen molar-refractivity contribution in [3.63, 3.8) is 0 Å². The molecule has 1 saturated heterocycles. The van der Waals surface area contributed by atoms with Gasteiger partial charge in [0.2, 0.25) is 5.91 Å². The van der Waals surface area contributed by atoms with E-state index in [0.29, 0.717) is 5.92 Å². The number of nitrogens with zero attached hydrogens (tertiary/aromatic N) is 1. The summed E-state index contributed by atoms with van der Waals surface area (Å²) in [5.74, 6) is 0.584. The molecule has 0 aliphatic carbocycles. The van der Waals surface area contributed by atoms with E-state index in [1.807, 2.05) is 18.7 Å². The zero-order valence-electron chi connectivity index (χ0n) is 12.7. The first kappa shape index (κ1) is 15.0. The van der Waals surface area contributed by atoms with Crippen molar-refractivity contribution in [2.24, 2.45) is 5.92 Å². The molecule has 1 fully saturated rings. The van der Waals surface area contributed by atoms with Crippen LogP contribution in [0.1, 0.15) is 45.6 Å². The SMILES string of the molecule is CC1CCCN(C(=O)C(C)(C)c2ccc(F)cc2)CC1. The first-order valence-electron chi connectivity index (χ1n) is 7.46. The van der Waals surface area contributed by atoms with Gasteiger partial charge in [0.15, 0.2) is 0 Å². The van der Waals surface area contributed by atoms with Crippen LogP contribution in [0.4, 0.5) is 4.39 Å². The van der Waals surface area contributed by atoms with Crippen molar-refractivity contribution in [2.45, 2.75) is 45.4 Å². The molecular weight excluding hydrogens is 253 g/mol. The molecule has 1 aromatic carbocycles. The van der Waals surface area contributed by atoms with Gasteiger partial charge in [-0.25, -0.2) is 4.39 Å². The molecule has 2 rings (SSSR count). The molecule has 1 atom stereocenters. The van der Waals surface area contributed by atoms with Crippen LogP contribution in [0.15, 0.2) is 24.3 Å². The van der Waals surface area contributed by atoms with Gasteiger partial charge in [0.1, 0.15) is 5.82 Å². The molecule has 2 nitrogen and oxygen atoms in total. The van der Waals surface area contributed by atoms with E-state index in [1.165, 1.54) is 18.6 Å². The summed E-state index contributed by atoms with van der Waals surface area (Å²) in [7, 11) is 0. The maximum atomic E-state index is 13.0. The van der Waals surface area contributed by atoms with Crippen molar-refractivity contribution in [3.05, 3.63) is 35.6 Å². The molecule has 0 aromatic heterocycles. The second-order valence-electron chi connectivity index (χ2n) is 6.46. The number of hydrogen-bond acceptors (Lipinski definition) is 1. The van der Waals surface area contributed by atoms with Crippen molar-refractivity contribution in [3.8, 4) is 0 Å². The maximum absolute atomic E-state index is 13.0. The molecule has 1 aliphatic rings. The molecule has 0 N–H and O–H groups in total. The zero-order valence-corrected chi connectivity index (χ0v) is 12.7. The largest absolute Gasteiger partial charge is 0.342 e. The lowest BCUT2D eigenvalue weighted by Gasteiger charge is -2.31. The number of carbonyl (C=O) groups excluding carboxylic acids is 1. The molecule has 1 heterocycles. The van der Waals surface area contributed by atoms with Crippen LogP contribution < -0.4 is 0 Å². The average molecular weight is 277 g/mol. The van der Waals surface area contributed by atoms with Crippen LogP contribution in [-0.2, 0) is 10.2 Å². The van der Waals surface area contributed by atoms with Gasteiger partial charge >= 0.3 is 0 Å². The van der Waals surface area contributed by atoms with E-state index in [2.05, 4.69) is 6.92 Å². The van der Waals surface area contributed by atoms with Gasteiger partial charge in [-0.2, -0.15) is 0 Å². The lowest BCUT2D eigenvalue weighted by atomic mass is 9.83. The topological polar surface area (TPSA) is 20.3 Å². The molecule has 1 aromatic rings. The smallest absolute Gasteiger partial charge is 0.232 e. The van der Waals surface area contributed by atoms with Gasteiger partial charge in [0.25, 0.3) is 0 Å². The Morgan fingerprint density at radius 3 is 2.50 bits per heavy atom. The third-order valence-electron chi connectivity index (χ3n) is 4.40. The van der Waals surface area contributed by atoms with Crippen molar-refractivity contribution in [1.82, 2.24) is 4.90 Å². The predicted molar refractivity (Wildman–Crippen MR) is 79.0 cm³/mol. The second kappa shape index (κ2) is 5.94. The normalized spacial score (nSPS) is 20.6. The summed E-state index contributed by atoms with van der Waals surface area (Å²) in [5.41, 5.74) is 0.280. The lowest BCUT2D eigenvalue weighted by Crippen LogP contribution is -2.44. The molecular formula is C17H24FNO. The van der Waals surface area contributed by atoms with Crippen molar-refractivity contribution in [1.29, 1.82) is 0 Å². The van der Waals surface area contributed by atoms with Crippen molar-refractivity contribution < 1.29 is 9.18 Å². The van der Waals surface area contributed by atoms with Gasteiger partial charge in [-0.1, -0.05) is 19.1 Å². The van der Waals surface area contributed by atoms with E-state index < -0.39 is 5.41 Å². The lowest BCUT2D eigenvalue weighted by molar-refractivity contribution is -0.136. The van der Waals surface area contributed by atoms with Crippen LogP contribution >= 0.6 is 0 Å². The molecule has 1 unspecified atom stereocenters. The molecule has 0 bridgehead atoms. The Balaban J connectivity index is 2.15. The van der Waals surface area contributed by atoms with E-state index in [-0.39, 0.29) is 11.7 Å². The minimum absolute atomic E-state index is 0.151. The minimum atomic E-state index is -0.596. The van der Waals surface area contributed by atoms with Gasteiger partial charge in [-0.3, -0.25) is 4.79 Å². The van der Waals surface area contributed by atoms with Gasteiger partial charge in [-0.05, 0) is 56.7 Å². The van der Waals surface area contributed by atoms with Crippen LogP contribution in [0.2, 0.25) is 0 Å². The summed E-state index contributed by atoms with van der Waals surface area (Å²) in [6.07, 6.45) is 3.35. The van der Waals surface area contributed by atoms with Crippen LogP contribution in [0, 0.1) is 11.7 Å². The molecule has 3 heteroatoms. The summed E-state index contributed by atoms with van der Waals surface area (Å²) in [6, 6.07) is 6.28. The first-order valence-corrected chi connectivity index (χ1v) is 7.46. The second-order valence-corrected chi connectivity index (χ2v) is 6.46. The summed E-state index contributed by atoms with van der Waals surface area (Å²) in [5, 5.41) is 0. The standard InChI is InChI=1S/C17H24FNO/c1-13-5-4-11-19(12-10-13)16(20)17(2,3)14-6-8-15(18)9-7-14/h6-9,13H,4-5,10-12H2,1-3H3. The Kier molecular flexibility index (Phi) is 4.46. The first-order chi connectivity index (χ1) is 9.41. The predicted octanol–water partition coefficient (Wildman–Crippen LogP) is 3.75. The highest BCUT2D eigenvalue weighted by Gasteiger charge is 2.34. The summed E-state index contributed by atoms with van der Waals surface area (Å²) < 4.78 is 13.0. The Morgan fingerprint density at radius 2 is 1.85 bits per heavy atom. The molecule has 0 saturated carbocycles. The van der Waals surface area contributed by atoms with Crippen LogP contribution in [-0.4, -0.2) is 23.9 Å². The van der Waals surface area contributed by atoms with E-state index >= 15 is 0 Å². The zero-order chi connectivity index (χ0) is 14.8. The molecule has 1 aliphatic heterocycles. The number of carbonyl (C=O) groups is 1. The molecule has 0 radical (unpaired) electrons. The fourth-order valence-corrected chi connectivity index (χ4v) is 2.85. The van der Waals surface area contributed by atoms with Crippen LogP contribution in [0.25, 0.3) is 0 Å². The quantitative estimate of drug-likeness (QED) is 0.806. The van der Waals surface area contributed by atoms with E-state index in [1.54, 1.807) is 12.1 Å². The molecule has 1 amide bonds. The number of hydrogen-bond donors (Lipinski definition) is 0. The highest BCUT2D eigenvalue weighted by Crippen LogP contribution is 2.28. The monoisotopic (exact) mass is 277 g/mol. The Hall–Kier alpha value is -1.38. The molecule has 0 spiro atoms. The summed E-state index contributed by atoms with van der Waals surface area (Å²) >= 11 is 0. The number of rotatable bonds is 2. The van der Waals surface area contributed by atoms with Crippen molar-refractivity contribution >= 4 is 5.91 Å². The molecule has 110 valence electrons. The van der Waals surface area contributed by atoms with Gasteiger partial charge in [0.05, 0.1) is 5.41 Å². The highest BCUT2D eigenvalue weighted by molar-refractivity contribution is 5.87. The third kappa shape index (κ3) is 3.20. The van der Waals surface area contributed by atoms with Gasteiger partial charge in [-0.15, -0.1) is 0 Å². The molecule has 20 heavy (non-hydrogen) atoms. The third-order valence-corrected chi connectivity index (χ3v) is 4.40. The average Bonchev–Trinajstić information content (AvgIpc) is 2.63. The number of likely N-dealkylation sites (tertiary alicyclic amines) is 1.